The number of nitrogens with two attached hydrogens (primary N) is 1. The van der Waals surface area contributed by atoms with Crippen LogP contribution < -0.4 is 5.73 Å². The van der Waals surface area contributed by atoms with E-state index in [9.17, 15) is 0 Å². The lowest BCUT2D eigenvalue weighted by atomic mass is 9.90. The topological polar surface area (TPSA) is 29.3 Å². The maximum Gasteiger partial charge on any atom is 0.0513 e. The third kappa shape index (κ3) is 2.90. The first-order valence-corrected chi connectivity index (χ1v) is 7.64. The van der Waals surface area contributed by atoms with Gasteiger partial charge in [-0.25, -0.2) is 0 Å². The van der Waals surface area contributed by atoms with Gasteiger partial charge in [-0.1, -0.05) is 27.5 Å². The molecule has 1 aromatic carbocycles. The summed E-state index contributed by atoms with van der Waals surface area (Å²) in [6.45, 7) is 5.56. The van der Waals surface area contributed by atoms with Crippen molar-refractivity contribution >= 4 is 27.5 Å². The summed E-state index contributed by atoms with van der Waals surface area (Å²) in [6.07, 6.45) is 2.25. The monoisotopic (exact) mass is 330 g/mol. The number of piperidine rings is 1. The van der Waals surface area contributed by atoms with Gasteiger partial charge in [-0.05, 0) is 57.0 Å². The number of benzene rings is 1. The average molecular weight is 332 g/mol. The molecule has 0 aliphatic carbocycles. The first kappa shape index (κ1) is 14.3. The summed E-state index contributed by atoms with van der Waals surface area (Å²) in [6, 6.07) is 6.88. The third-order valence-electron chi connectivity index (χ3n) is 3.66. The van der Waals surface area contributed by atoms with Crippen LogP contribution in [-0.4, -0.2) is 23.5 Å². The van der Waals surface area contributed by atoms with Gasteiger partial charge in [0, 0.05) is 21.6 Å². The van der Waals surface area contributed by atoms with E-state index in [1.165, 1.54) is 12.0 Å². The van der Waals surface area contributed by atoms with Crippen LogP contribution in [0.5, 0.6) is 0 Å². The molecule has 2 nitrogen and oxygen atoms in total. The Morgan fingerprint density at radius 2 is 2.17 bits per heavy atom. The molecule has 2 N–H and O–H groups in total. The molecule has 1 fully saturated rings. The molecular weight excluding hydrogens is 312 g/mol. The fraction of sp³-hybridized carbons (Fsp3) is 0.571. The molecule has 4 heteroatoms. The summed E-state index contributed by atoms with van der Waals surface area (Å²) in [5.41, 5.74) is 7.56. The van der Waals surface area contributed by atoms with Crippen LogP contribution in [0.15, 0.2) is 22.7 Å². The predicted molar refractivity (Wildman–Crippen MR) is 80.9 cm³/mol. The summed E-state index contributed by atoms with van der Waals surface area (Å²) in [5, 5.41) is 0.773. The van der Waals surface area contributed by atoms with Crippen molar-refractivity contribution in [2.75, 3.05) is 6.54 Å². The van der Waals surface area contributed by atoms with E-state index in [2.05, 4.69) is 34.7 Å². The van der Waals surface area contributed by atoms with Gasteiger partial charge in [0.15, 0.2) is 0 Å². The van der Waals surface area contributed by atoms with E-state index in [0.717, 1.165) is 22.5 Å². The van der Waals surface area contributed by atoms with Crippen LogP contribution in [0.2, 0.25) is 5.02 Å². The fourth-order valence-corrected chi connectivity index (χ4v) is 3.44. The Bertz CT molecular complexity index is 422. The van der Waals surface area contributed by atoms with Crippen LogP contribution >= 0.6 is 27.5 Å². The second kappa shape index (κ2) is 5.91. The zero-order valence-electron chi connectivity index (χ0n) is 10.9. The molecule has 1 aromatic rings. The number of likely N-dealkylation sites (tertiary alicyclic amines) is 1. The SMILES string of the molecule is CC(C)N1CCCC(N)C1c1cc(Cl)ccc1Br. The van der Waals surface area contributed by atoms with Crippen molar-refractivity contribution in [3.63, 3.8) is 0 Å². The number of hydrogen-bond acceptors (Lipinski definition) is 2. The highest BCUT2D eigenvalue weighted by Crippen LogP contribution is 2.36. The molecule has 18 heavy (non-hydrogen) atoms. The Hall–Kier alpha value is -0.0900. The summed E-state index contributed by atoms with van der Waals surface area (Å²) in [5.74, 6) is 0. The second-order valence-corrected chi connectivity index (χ2v) is 6.54. The zero-order chi connectivity index (χ0) is 13.3. The molecule has 1 saturated heterocycles. The van der Waals surface area contributed by atoms with Crippen LogP contribution in [0.3, 0.4) is 0 Å². The van der Waals surface area contributed by atoms with Crippen molar-refractivity contribution < 1.29 is 0 Å². The Morgan fingerprint density at radius 3 is 2.83 bits per heavy atom. The highest BCUT2D eigenvalue weighted by atomic mass is 79.9. The highest BCUT2D eigenvalue weighted by Gasteiger charge is 2.32. The van der Waals surface area contributed by atoms with Crippen LogP contribution in [0.4, 0.5) is 0 Å². The number of halogens is 2. The maximum absolute atomic E-state index is 6.35. The lowest BCUT2D eigenvalue weighted by Gasteiger charge is -2.43. The van der Waals surface area contributed by atoms with Crippen molar-refractivity contribution in [2.45, 2.75) is 44.8 Å². The van der Waals surface area contributed by atoms with Gasteiger partial charge in [0.05, 0.1) is 6.04 Å². The molecule has 0 amide bonds. The van der Waals surface area contributed by atoms with E-state index in [-0.39, 0.29) is 12.1 Å². The number of hydrogen-bond donors (Lipinski definition) is 1. The first-order valence-electron chi connectivity index (χ1n) is 6.47. The van der Waals surface area contributed by atoms with E-state index >= 15 is 0 Å². The standard InChI is InChI=1S/C14H20BrClN2/c1-9(2)18-7-3-4-13(17)14(18)11-8-10(16)5-6-12(11)15/h5-6,8-9,13-14H,3-4,7,17H2,1-2H3. The largest absolute Gasteiger partial charge is 0.326 e. The quantitative estimate of drug-likeness (QED) is 0.888. The van der Waals surface area contributed by atoms with Crippen LogP contribution in [0.1, 0.15) is 38.3 Å². The molecule has 2 unspecified atom stereocenters. The predicted octanol–water partition coefficient (Wildman–Crippen LogP) is 3.98. The lowest BCUT2D eigenvalue weighted by molar-refractivity contribution is 0.0943. The van der Waals surface area contributed by atoms with Crippen molar-refractivity contribution in [2.24, 2.45) is 5.73 Å². The third-order valence-corrected chi connectivity index (χ3v) is 4.61. The Kier molecular flexibility index (Phi) is 4.70. The molecule has 1 aliphatic heterocycles. The van der Waals surface area contributed by atoms with Crippen molar-refractivity contribution in [3.8, 4) is 0 Å². The highest BCUT2D eigenvalue weighted by molar-refractivity contribution is 9.10. The zero-order valence-corrected chi connectivity index (χ0v) is 13.2. The average Bonchev–Trinajstić information content (AvgIpc) is 2.32. The molecule has 0 radical (unpaired) electrons. The van der Waals surface area contributed by atoms with E-state index in [4.69, 9.17) is 17.3 Å². The van der Waals surface area contributed by atoms with Gasteiger partial charge in [-0.2, -0.15) is 0 Å². The van der Waals surface area contributed by atoms with Gasteiger partial charge in [0.25, 0.3) is 0 Å². The van der Waals surface area contributed by atoms with Crippen LogP contribution in [-0.2, 0) is 0 Å². The molecule has 100 valence electrons. The summed E-state index contributed by atoms with van der Waals surface area (Å²) in [7, 11) is 0. The van der Waals surface area contributed by atoms with Gasteiger partial charge in [-0.15, -0.1) is 0 Å². The lowest BCUT2D eigenvalue weighted by Crippen LogP contribution is -2.48. The van der Waals surface area contributed by atoms with Gasteiger partial charge in [-0.3, -0.25) is 4.90 Å². The Balaban J connectivity index is 2.40. The molecule has 0 aromatic heterocycles. The molecule has 2 atom stereocenters. The second-order valence-electron chi connectivity index (χ2n) is 5.25. The van der Waals surface area contributed by atoms with Crippen molar-refractivity contribution in [3.05, 3.63) is 33.3 Å². The van der Waals surface area contributed by atoms with Crippen LogP contribution in [0, 0.1) is 0 Å². The van der Waals surface area contributed by atoms with Gasteiger partial charge in [0.1, 0.15) is 0 Å². The molecular formula is C14H20BrClN2. The van der Waals surface area contributed by atoms with Crippen molar-refractivity contribution in [1.82, 2.24) is 4.90 Å². The minimum atomic E-state index is 0.177. The Morgan fingerprint density at radius 1 is 1.44 bits per heavy atom. The van der Waals surface area contributed by atoms with E-state index in [1.807, 2.05) is 18.2 Å². The van der Waals surface area contributed by atoms with E-state index in [1.54, 1.807) is 0 Å². The number of rotatable bonds is 2. The number of nitrogens with zero attached hydrogens (tertiary/aromatic N) is 1. The van der Waals surface area contributed by atoms with Gasteiger partial charge in [0.2, 0.25) is 0 Å². The molecule has 0 saturated carbocycles. The van der Waals surface area contributed by atoms with E-state index < -0.39 is 0 Å². The fourth-order valence-electron chi connectivity index (χ4n) is 2.78. The molecule has 0 spiro atoms. The first-order chi connectivity index (χ1) is 8.50. The van der Waals surface area contributed by atoms with Crippen LogP contribution in [0.25, 0.3) is 0 Å². The minimum Gasteiger partial charge on any atom is -0.326 e. The smallest absolute Gasteiger partial charge is 0.0513 e. The van der Waals surface area contributed by atoms with Gasteiger partial charge < -0.3 is 5.73 Å². The maximum atomic E-state index is 6.35. The van der Waals surface area contributed by atoms with Gasteiger partial charge >= 0.3 is 0 Å². The summed E-state index contributed by atoms with van der Waals surface area (Å²) >= 11 is 9.76. The molecule has 2 rings (SSSR count). The molecule has 0 bridgehead atoms. The molecule has 1 aliphatic rings. The Labute approximate surface area is 123 Å². The summed E-state index contributed by atoms with van der Waals surface area (Å²) in [4.78, 5) is 2.48. The van der Waals surface area contributed by atoms with Crippen molar-refractivity contribution in [1.29, 1.82) is 0 Å². The minimum absolute atomic E-state index is 0.177. The van der Waals surface area contributed by atoms with E-state index in [0.29, 0.717) is 6.04 Å². The molecule has 1 heterocycles. The normalized spacial score (nSPS) is 25.7. The summed E-state index contributed by atoms with van der Waals surface area (Å²) < 4.78 is 1.10.